The highest BCUT2D eigenvalue weighted by atomic mass is 32.2. The fourth-order valence-electron chi connectivity index (χ4n) is 2.04. The molecule has 0 fully saturated rings. The molecule has 2 heterocycles. The maximum absolute atomic E-state index is 12.2. The summed E-state index contributed by atoms with van der Waals surface area (Å²) in [6, 6.07) is 13.4. The number of aromatic nitrogens is 2. The first-order chi connectivity index (χ1) is 10.6. The Balaban J connectivity index is 2.24. The number of thiazole rings is 1. The fourth-order valence-corrected chi connectivity index (χ4v) is 4.46. The zero-order chi connectivity index (χ0) is 15.6. The molecule has 3 aromatic rings. The summed E-state index contributed by atoms with van der Waals surface area (Å²) in [4.78, 5) is 9.34. The Kier molecular flexibility index (Phi) is 4.04. The molecule has 0 radical (unpaired) electrons. The molecule has 0 aliphatic carbocycles. The topological polar surface area (TPSA) is 59.9 Å². The number of benzene rings is 1. The molecule has 0 N–H and O–H groups in total. The van der Waals surface area contributed by atoms with Gasteiger partial charge in [-0.1, -0.05) is 37.3 Å². The Hall–Kier alpha value is -2.05. The van der Waals surface area contributed by atoms with Gasteiger partial charge in [-0.15, -0.1) is 11.3 Å². The first kappa shape index (κ1) is 14.9. The van der Waals surface area contributed by atoms with Crippen LogP contribution < -0.4 is 0 Å². The van der Waals surface area contributed by atoms with Crippen LogP contribution in [0.5, 0.6) is 0 Å². The van der Waals surface area contributed by atoms with E-state index in [0.29, 0.717) is 5.69 Å². The van der Waals surface area contributed by atoms with Gasteiger partial charge >= 0.3 is 0 Å². The monoisotopic (exact) mass is 330 g/mol. The Morgan fingerprint density at radius 1 is 1.05 bits per heavy atom. The van der Waals surface area contributed by atoms with E-state index >= 15 is 0 Å². The number of sulfone groups is 1. The molecule has 0 amide bonds. The molecular formula is C16H14N2O2S2. The van der Waals surface area contributed by atoms with Gasteiger partial charge in [-0.3, -0.25) is 4.98 Å². The summed E-state index contributed by atoms with van der Waals surface area (Å²) in [7, 11) is -3.33. The molecule has 6 heteroatoms. The second-order valence-corrected chi connectivity index (χ2v) is 8.12. The molecule has 0 bridgehead atoms. The van der Waals surface area contributed by atoms with E-state index in [2.05, 4.69) is 9.97 Å². The van der Waals surface area contributed by atoms with E-state index in [4.69, 9.17) is 0 Å². The molecule has 1 aromatic carbocycles. The van der Waals surface area contributed by atoms with E-state index in [1.807, 2.05) is 42.5 Å². The summed E-state index contributed by atoms with van der Waals surface area (Å²) in [5, 5.41) is 0. The van der Waals surface area contributed by atoms with Crippen LogP contribution in [0.1, 0.15) is 6.92 Å². The van der Waals surface area contributed by atoms with Crippen LogP contribution in [0.25, 0.3) is 21.7 Å². The van der Waals surface area contributed by atoms with Crippen molar-refractivity contribution in [2.45, 2.75) is 11.3 Å². The third-order valence-electron chi connectivity index (χ3n) is 3.22. The van der Waals surface area contributed by atoms with Crippen LogP contribution >= 0.6 is 11.3 Å². The Morgan fingerprint density at radius 3 is 2.41 bits per heavy atom. The zero-order valence-corrected chi connectivity index (χ0v) is 13.6. The fraction of sp³-hybridized carbons (Fsp3) is 0.125. The highest BCUT2D eigenvalue weighted by Crippen LogP contribution is 2.38. The minimum absolute atomic E-state index is 0.0429. The van der Waals surface area contributed by atoms with Gasteiger partial charge in [0, 0.05) is 18.0 Å². The highest BCUT2D eigenvalue weighted by molar-refractivity contribution is 7.93. The standard InChI is InChI=1S/C16H14N2O2S2/c1-2-22(19,20)16-18-14(13-9-6-10-17-11-13)15(21-16)12-7-4-3-5-8-12/h3-11H,2H2,1H3. The Morgan fingerprint density at radius 2 is 1.77 bits per heavy atom. The Labute approximate surface area is 133 Å². The highest BCUT2D eigenvalue weighted by Gasteiger charge is 2.22. The molecule has 0 saturated heterocycles. The lowest BCUT2D eigenvalue weighted by Crippen LogP contribution is -2.02. The first-order valence-corrected chi connectivity index (χ1v) is 9.28. The summed E-state index contributed by atoms with van der Waals surface area (Å²) < 4.78 is 24.5. The van der Waals surface area contributed by atoms with Crippen LogP contribution in [0.2, 0.25) is 0 Å². The summed E-state index contributed by atoms with van der Waals surface area (Å²) in [6.45, 7) is 1.63. The summed E-state index contributed by atoms with van der Waals surface area (Å²) in [5.74, 6) is 0.0429. The smallest absolute Gasteiger partial charge is 0.210 e. The molecule has 112 valence electrons. The second-order valence-electron chi connectivity index (χ2n) is 4.67. The molecule has 3 rings (SSSR count). The van der Waals surface area contributed by atoms with Crippen LogP contribution in [-0.4, -0.2) is 24.1 Å². The molecule has 0 spiro atoms. The maximum atomic E-state index is 12.2. The Bertz CT molecular complexity index is 816. The van der Waals surface area contributed by atoms with Crippen molar-refractivity contribution in [2.24, 2.45) is 0 Å². The van der Waals surface area contributed by atoms with E-state index in [1.165, 1.54) is 11.3 Å². The number of rotatable bonds is 4. The third kappa shape index (κ3) is 2.80. The third-order valence-corrected chi connectivity index (χ3v) is 6.52. The molecule has 0 aliphatic rings. The van der Waals surface area contributed by atoms with Gasteiger partial charge in [-0.25, -0.2) is 13.4 Å². The van der Waals surface area contributed by atoms with Crippen LogP contribution in [0.15, 0.2) is 59.2 Å². The van der Waals surface area contributed by atoms with Crippen molar-refractivity contribution in [3.05, 3.63) is 54.9 Å². The van der Waals surface area contributed by atoms with Crippen LogP contribution in [-0.2, 0) is 9.84 Å². The van der Waals surface area contributed by atoms with Crippen LogP contribution in [0.4, 0.5) is 0 Å². The van der Waals surface area contributed by atoms with Crippen molar-refractivity contribution in [3.63, 3.8) is 0 Å². The van der Waals surface area contributed by atoms with Crippen LogP contribution in [0, 0.1) is 0 Å². The average molecular weight is 330 g/mol. The summed E-state index contributed by atoms with van der Waals surface area (Å²) in [6.07, 6.45) is 3.38. The molecule has 0 atom stereocenters. The van der Waals surface area contributed by atoms with Crippen molar-refractivity contribution in [1.82, 2.24) is 9.97 Å². The van der Waals surface area contributed by atoms with Gasteiger partial charge in [-0.05, 0) is 17.7 Å². The normalized spacial score (nSPS) is 11.5. The van der Waals surface area contributed by atoms with Crippen molar-refractivity contribution >= 4 is 21.2 Å². The zero-order valence-electron chi connectivity index (χ0n) is 11.9. The largest absolute Gasteiger partial charge is 0.264 e. The van der Waals surface area contributed by atoms with Gasteiger partial charge in [0.05, 0.1) is 16.3 Å². The van der Waals surface area contributed by atoms with E-state index < -0.39 is 9.84 Å². The van der Waals surface area contributed by atoms with Crippen molar-refractivity contribution in [3.8, 4) is 21.7 Å². The molecule has 0 aliphatic heterocycles. The van der Waals surface area contributed by atoms with Crippen molar-refractivity contribution in [2.75, 3.05) is 5.75 Å². The van der Waals surface area contributed by atoms with Crippen LogP contribution in [0.3, 0.4) is 0 Å². The molecule has 2 aromatic heterocycles. The molecule has 0 saturated carbocycles. The predicted molar refractivity (Wildman–Crippen MR) is 88.5 cm³/mol. The van der Waals surface area contributed by atoms with Crippen molar-refractivity contribution in [1.29, 1.82) is 0 Å². The average Bonchev–Trinajstić information content (AvgIpc) is 3.02. The lowest BCUT2D eigenvalue weighted by molar-refractivity contribution is 0.596. The van der Waals surface area contributed by atoms with Gasteiger partial charge in [0.15, 0.2) is 0 Å². The summed E-state index contributed by atoms with van der Waals surface area (Å²) >= 11 is 1.21. The SMILES string of the molecule is CCS(=O)(=O)c1nc(-c2cccnc2)c(-c2ccccc2)s1. The number of hydrogen-bond donors (Lipinski definition) is 0. The van der Waals surface area contributed by atoms with Gasteiger partial charge in [-0.2, -0.15) is 0 Å². The molecule has 4 nitrogen and oxygen atoms in total. The van der Waals surface area contributed by atoms with E-state index in [-0.39, 0.29) is 10.1 Å². The minimum Gasteiger partial charge on any atom is -0.264 e. The van der Waals surface area contributed by atoms with Gasteiger partial charge in [0.25, 0.3) is 0 Å². The number of nitrogens with zero attached hydrogens (tertiary/aromatic N) is 2. The lowest BCUT2D eigenvalue weighted by atomic mass is 10.1. The summed E-state index contributed by atoms with van der Waals surface area (Å²) in [5.41, 5.74) is 2.43. The minimum atomic E-state index is -3.33. The van der Waals surface area contributed by atoms with Crippen molar-refractivity contribution < 1.29 is 8.42 Å². The second kappa shape index (κ2) is 5.98. The number of hydrogen-bond acceptors (Lipinski definition) is 5. The molecule has 22 heavy (non-hydrogen) atoms. The van der Waals surface area contributed by atoms with E-state index in [0.717, 1.165) is 16.0 Å². The van der Waals surface area contributed by atoms with Gasteiger partial charge < -0.3 is 0 Å². The number of pyridine rings is 1. The lowest BCUT2D eigenvalue weighted by Gasteiger charge is -2.01. The predicted octanol–water partition coefficient (Wildman–Crippen LogP) is 3.67. The molecular weight excluding hydrogens is 316 g/mol. The van der Waals surface area contributed by atoms with E-state index in [1.54, 1.807) is 19.3 Å². The van der Waals surface area contributed by atoms with E-state index in [9.17, 15) is 8.42 Å². The maximum Gasteiger partial charge on any atom is 0.210 e. The molecule has 0 unspecified atom stereocenters. The van der Waals surface area contributed by atoms with Gasteiger partial charge in [0.1, 0.15) is 0 Å². The quantitative estimate of drug-likeness (QED) is 0.732. The first-order valence-electron chi connectivity index (χ1n) is 6.81. The van der Waals surface area contributed by atoms with Gasteiger partial charge in [0.2, 0.25) is 14.2 Å².